The van der Waals surface area contributed by atoms with Crippen molar-refractivity contribution in [1.29, 1.82) is 0 Å². The molecule has 1 saturated heterocycles. The number of nitrogens with two attached hydrogens (primary N) is 2. The lowest BCUT2D eigenvalue weighted by Gasteiger charge is -2.19. The summed E-state index contributed by atoms with van der Waals surface area (Å²) in [5, 5.41) is 10.8. The zero-order valence-corrected chi connectivity index (χ0v) is 16.5. The van der Waals surface area contributed by atoms with Crippen LogP contribution in [0.15, 0.2) is 36.1 Å². The topological polar surface area (TPSA) is 131 Å². The highest BCUT2D eigenvalue weighted by Crippen LogP contribution is 2.32. The van der Waals surface area contributed by atoms with E-state index in [9.17, 15) is 9.90 Å². The zero-order valence-electron chi connectivity index (χ0n) is 15.6. The van der Waals surface area contributed by atoms with E-state index in [0.717, 1.165) is 4.70 Å². The lowest BCUT2D eigenvalue weighted by atomic mass is 10.00. The van der Waals surface area contributed by atoms with Crippen molar-refractivity contribution in [2.45, 2.75) is 12.0 Å². The van der Waals surface area contributed by atoms with Crippen LogP contribution in [0.5, 0.6) is 0 Å². The molecule has 2 aromatic heterocycles. The van der Waals surface area contributed by atoms with Crippen molar-refractivity contribution in [3.05, 3.63) is 47.4 Å². The van der Waals surface area contributed by atoms with Crippen molar-refractivity contribution in [2.24, 2.45) is 5.73 Å². The first-order valence-corrected chi connectivity index (χ1v) is 9.62. The summed E-state index contributed by atoms with van der Waals surface area (Å²) in [6, 6.07) is 3.69. The average Bonchev–Trinajstić information content (AvgIpc) is 3.27. The maximum Gasteiger partial charge on any atom is 0.271 e. The van der Waals surface area contributed by atoms with Gasteiger partial charge in [0.15, 0.2) is 17.1 Å². The van der Waals surface area contributed by atoms with Gasteiger partial charge in [-0.25, -0.2) is 15.0 Å². The summed E-state index contributed by atoms with van der Waals surface area (Å²) >= 11 is 1.45. The first kappa shape index (κ1) is 18.9. The van der Waals surface area contributed by atoms with Crippen LogP contribution in [0, 0.1) is 11.8 Å². The minimum atomic E-state index is -1.25. The van der Waals surface area contributed by atoms with Gasteiger partial charge in [0.2, 0.25) is 0 Å². The molecule has 29 heavy (non-hydrogen) atoms. The maximum atomic E-state index is 11.6. The number of aromatic nitrogens is 3. The first-order chi connectivity index (χ1) is 13.8. The number of anilines is 1. The third-order valence-corrected chi connectivity index (χ3v) is 5.68. The van der Waals surface area contributed by atoms with E-state index in [4.69, 9.17) is 11.5 Å². The van der Waals surface area contributed by atoms with E-state index in [-0.39, 0.29) is 11.5 Å². The molecular weight excluding hydrogens is 388 g/mol. The molecule has 0 saturated carbocycles. The number of nitrogens with zero attached hydrogens (tertiary/aromatic N) is 4. The van der Waals surface area contributed by atoms with Crippen molar-refractivity contribution in [3.63, 3.8) is 0 Å². The van der Waals surface area contributed by atoms with Gasteiger partial charge in [-0.15, -0.1) is 11.3 Å². The fraction of sp³-hybridized carbons (Fsp3) is 0.200. The number of likely N-dealkylation sites (tertiary alicyclic amines) is 1. The minimum absolute atomic E-state index is 0.0298. The number of aliphatic hydroxyl groups is 1. The number of carbonyl (C=O) groups is 1. The molecule has 1 aliphatic heterocycles. The third-order valence-electron chi connectivity index (χ3n) is 4.91. The second-order valence-electron chi connectivity index (χ2n) is 6.80. The Morgan fingerprint density at radius 3 is 2.90 bits per heavy atom. The molecule has 1 amide bonds. The summed E-state index contributed by atoms with van der Waals surface area (Å²) in [5.74, 6) is 5.21. The van der Waals surface area contributed by atoms with Gasteiger partial charge in [-0.3, -0.25) is 4.79 Å². The van der Waals surface area contributed by atoms with Crippen molar-refractivity contribution >= 4 is 33.3 Å². The second-order valence-corrected chi connectivity index (χ2v) is 7.69. The number of benzene rings is 1. The molecule has 146 valence electrons. The Hall–Kier alpha value is -3.48. The van der Waals surface area contributed by atoms with Gasteiger partial charge in [-0.2, -0.15) is 0 Å². The Morgan fingerprint density at radius 2 is 2.21 bits per heavy atom. The lowest BCUT2D eigenvalue weighted by molar-refractivity contribution is 0.0996. The van der Waals surface area contributed by atoms with Crippen LogP contribution < -0.4 is 11.5 Å². The predicted molar refractivity (Wildman–Crippen MR) is 112 cm³/mol. The van der Waals surface area contributed by atoms with Crippen molar-refractivity contribution in [1.82, 2.24) is 19.9 Å². The Kier molecular flexibility index (Phi) is 4.45. The van der Waals surface area contributed by atoms with Crippen molar-refractivity contribution < 1.29 is 9.90 Å². The van der Waals surface area contributed by atoms with Crippen LogP contribution in [0.1, 0.15) is 22.5 Å². The third kappa shape index (κ3) is 3.29. The fourth-order valence-corrected chi connectivity index (χ4v) is 3.92. The molecule has 9 heteroatoms. The number of rotatable bonds is 2. The van der Waals surface area contributed by atoms with Gasteiger partial charge in [-0.05, 0) is 12.1 Å². The number of primary amides is 1. The largest absolute Gasteiger partial charge is 0.382 e. The van der Waals surface area contributed by atoms with Gasteiger partial charge in [0, 0.05) is 31.1 Å². The average molecular weight is 406 g/mol. The van der Waals surface area contributed by atoms with Gasteiger partial charge < -0.3 is 21.5 Å². The number of hydrogen-bond donors (Lipinski definition) is 3. The molecule has 4 rings (SSSR count). The SMILES string of the molecule is C=C1N(C)CC[C@@]1(O)C#Cc1cc(-c2cnc(N)c(C(N)=O)n2)c2ncsc2c1. The standard InChI is InChI=1S/C20H18N6O2S/c1-11-20(28,5-6-26(11)2)4-3-12-7-13(16-15(8-12)29-10-24-16)14-9-23-18(21)17(25-14)19(22)27/h7-10,28H,1,5-6H2,2H3,(H2,21,23)(H2,22,27)/t20-/m0/s1. The van der Waals surface area contributed by atoms with E-state index < -0.39 is 11.5 Å². The van der Waals surface area contributed by atoms with E-state index in [1.54, 1.807) is 11.6 Å². The zero-order chi connectivity index (χ0) is 20.8. The highest BCUT2D eigenvalue weighted by molar-refractivity contribution is 7.16. The summed E-state index contributed by atoms with van der Waals surface area (Å²) in [4.78, 5) is 26.2. The molecule has 1 aliphatic rings. The van der Waals surface area contributed by atoms with E-state index >= 15 is 0 Å². The van der Waals surface area contributed by atoms with Crippen LogP contribution in [0.4, 0.5) is 5.82 Å². The number of carbonyl (C=O) groups excluding carboxylic acids is 1. The number of nitrogen functional groups attached to an aromatic ring is 1. The predicted octanol–water partition coefficient (Wildman–Crippen LogP) is 1.37. The molecule has 0 unspecified atom stereocenters. The number of fused-ring (bicyclic) bond motifs is 1. The minimum Gasteiger partial charge on any atom is -0.382 e. The monoisotopic (exact) mass is 406 g/mol. The Morgan fingerprint density at radius 1 is 1.41 bits per heavy atom. The van der Waals surface area contributed by atoms with Gasteiger partial charge >= 0.3 is 0 Å². The molecule has 8 nitrogen and oxygen atoms in total. The molecular formula is C20H18N6O2S. The number of thiazole rings is 1. The van der Waals surface area contributed by atoms with E-state index in [1.165, 1.54) is 17.5 Å². The Balaban J connectivity index is 1.83. The Bertz CT molecular complexity index is 1220. The van der Waals surface area contributed by atoms with Crippen molar-refractivity contribution in [3.8, 4) is 23.1 Å². The smallest absolute Gasteiger partial charge is 0.271 e. The molecule has 1 atom stereocenters. The summed E-state index contributed by atoms with van der Waals surface area (Å²) in [7, 11) is 1.87. The van der Waals surface area contributed by atoms with Crippen LogP contribution in [0.2, 0.25) is 0 Å². The molecule has 0 bridgehead atoms. The highest BCUT2D eigenvalue weighted by Gasteiger charge is 2.36. The summed E-state index contributed by atoms with van der Waals surface area (Å²) < 4.78 is 0.889. The lowest BCUT2D eigenvalue weighted by Crippen LogP contribution is -2.26. The summed E-state index contributed by atoms with van der Waals surface area (Å²) in [5.41, 5.74) is 14.4. The van der Waals surface area contributed by atoms with Crippen LogP contribution in [0.25, 0.3) is 21.5 Å². The summed E-state index contributed by atoms with van der Waals surface area (Å²) in [6.45, 7) is 4.63. The quantitative estimate of drug-likeness (QED) is 0.548. The molecule has 1 aromatic carbocycles. The van der Waals surface area contributed by atoms with Crippen LogP contribution in [0.3, 0.4) is 0 Å². The van der Waals surface area contributed by atoms with Gasteiger partial charge in [-0.1, -0.05) is 18.4 Å². The molecule has 5 N–H and O–H groups in total. The van der Waals surface area contributed by atoms with Crippen molar-refractivity contribution in [2.75, 3.05) is 19.3 Å². The number of amides is 1. The number of likely N-dealkylation sites (N-methyl/N-ethyl adjacent to an activating group) is 1. The molecule has 0 radical (unpaired) electrons. The first-order valence-electron chi connectivity index (χ1n) is 8.74. The van der Waals surface area contributed by atoms with Gasteiger partial charge in [0.25, 0.3) is 5.91 Å². The Labute approximate surface area is 170 Å². The molecule has 3 aromatic rings. The highest BCUT2D eigenvalue weighted by atomic mass is 32.1. The molecule has 3 heterocycles. The molecule has 0 spiro atoms. The second kappa shape index (κ2) is 6.84. The van der Waals surface area contributed by atoms with Gasteiger partial charge in [0.1, 0.15) is 0 Å². The van der Waals surface area contributed by atoms with Gasteiger partial charge in [0.05, 0.1) is 33.3 Å². The molecule has 0 aliphatic carbocycles. The number of hydrogen-bond acceptors (Lipinski definition) is 8. The molecule has 1 fully saturated rings. The van der Waals surface area contributed by atoms with Crippen LogP contribution in [-0.4, -0.2) is 50.1 Å². The normalized spacial score (nSPS) is 18.7. The van der Waals surface area contributed by atoms with Crippen LogP contribution in [-0.2, 0) is 0 Å². The van der Waals surface area contributed by atoms with E-state index in [1.807, 2.05) is 18.0 Å². The maximum absolute atomic E-state index is 11.6. The van der Waals surface area contributed by atoms with E-state index in [0.29, 0.717) is 41.0 Å². The van der Waals surface area contributed by atoms with E-state index in [2.05, 4.69) is 33.4 Å². The van der Waals surface area contributed by atoms with Crippen LogP contribution >= 0.6 is 11.3 Å². The summed E-state index contributed by atoms with van der Waals surface area (Å²) in [6.07, 6.45) is 1.96. The fourth-order valence-electron chi connectivity index (χ4n) is 3.18.